The normalized spacial score (nSPS) is 24.6. The molecule has 1 aromatic rings. The van der Waals surface area contributed by atoms with Gasteiger partial charge in [0.25, 0.3) is 5.91 Å². The average molecular weight is 286 g/mol. The molecule has 2 unspecified atom stereocenters. The lowest BCUT2D eigenvalue weighted by Gasteiger charge is -2.18. The molecule has 1 aliphatic rings. The molecule has 1 saturated carbocycles. The molecule has 1 amide bonds. The lowest BCUT2D eigenvalue weighted by Crippen LogP contribution is -2.37. The van der Waals surface area contributed by atoms with E-state index in [4.69, 9.17) is 4.42 Å². The van der Waals surface area contributed by atoms with Crippen LogP contribution in [0.4, 0.5) is 0 Å². The lowest BCUT2D eigenvalue weighted by molar-refractivity contribution is 0.0929. The van der Waals surface area contributed by atoms with Crippen molar-refractivity contribution in [2.75, 3.05) is 5.33 Å². The Kier molecular flexibility index (Phi) is 3.69. The van der Waals surface area contributed by atoms with Crippen LogP contribution in [0.1, 0.15) is 35.4 Å². The first-order chi connectivity index (χ1) is 7.70. The van der Waals surface area contributed by atoms with E-state index in [9.17, 15) is 4.79 Å². The largest absolute Gasteiger partial charge is 0.469 e. The molecule has 1 fully saturated rings. The molecule has 0 saturated heterocycles. The average Bonchev–Trinajstić information content (AvgIpc) is 2.86. The number of hydrogen-bond acceptors (Lipinski definition) is 2. The molecule has 1 aliphatic carbocycles. The van der Waals surface area contributed by atoms with E-state index in [1.54, 1.807) is 6.07 Å². The highest BCUT2D eigenvalue weighted by atomic mass is 79.9. The van der Waals surface area contributed by atoms with Crippen molar-refractivity contribution < 1.29 is 9.21 Å². The van der Waals surface area contributed by atoms with Crippen LogP contribution in [0.2, 0.25) is 0 Å². The monoisotopic (exact) mass is 285 g/mol. The molecule has 88 valence electrons. The summed E-state index contributed by atoms with van der Waals surface area (Å²) in [4.78, 5) is 11.9. The fourth-order valence-electron chi connectivity index (χ4n) is 2.23. The molecule has 3 nitrogen and oxygen atoms in total. The maximum absolute atomic E-state index is 11.9. The van der Waals surface area contributed by atoms with Gasteiger partial charge in [-0.25, -0.2) is 0 Å². The van der Waals surface area contributed by atoms with Gasteiger partial charge in [-0.1, -0.05) is 22.4 Å². The van der Waals surface area contributed by atoms with Crippen LogP contribution in [0.5, 0.6) is 0 Å². The van der Waals surface area contributed by atoms with Crippen molar-refractivity contribution >= 4 is 21.8 Å². The minimum Gasteiger partial charge on any atom is -0.469 e. The summed E-state index contributed by atoms with van der Waals surface area (Å²) in [6.45, 7) is 1.84. The Bertz CT molecular complexity index is 375. The fourth-order valence-corrected chi connectivity index (χ4v) is 3.00. The first-order valence-electron chi connectivity index (χ1n) is 5.62. The molecule has 2 rings (SSSR count). The minimum atomic E-state index is -0.0188. The second-order valence-electron chi connectivity index (χ2n) is 4.37. The van der Waals surface area contributed by atoms with E-state index in [0.717, 1.165) is 17.5 Å². The summed E-state index contributed by atoms with van der Waals surface area (Å²) >= 11 is 3.50. The highest BCUT2D eigenvalue weighted by Gasteiger charge is 2.28. The maximum Gasteiger partial charge on any atom is 0.254 e. The van der Waals surface area contributed by atoms with E-state index in [1.165, 1.54) is 19.1 Å². The number of halogens is 1. The van der Waals surface area contributed by atoms with Crippen LogP contribution in [-0.4, -0.2) is 17.3 Å². The molecule has 0 aliphatic heterocycles. The first-order valence-corrected chi connectivity index (χ1v) is 6.75. The fraction of sp³-hybridized carbons (Fsp3) is 0.583. The summed E-state index contributed by atoms with van der Waals surface area (Å²) in [5.74, 6) is 1.32. The van der Waals surface area contributed by atoms with E-state index >= 15 is 0 Å². The highest BCUT2D eigenvalue weighted by molar-refractivity contribution is 9.09. The van der Waals surface area contributed by atoms with E-state index < -0.39 is 0 Å². The third-order valence-corrected chi connectivity index (χ3v) is 4.00. The Labute approximate surface area is 104 Å². The van der Waals surface area contributed by atoms with Gasteiger partial charge in [-0.3, -0.25) is 4.79 Å². The van der Waals surface area contributed by atoms with Gasteiger partial charge in [-0.15, -0.1) is 0 Å². The van der Waals surface area contributed by atoms with E-state index in [2.05, 4.69) is 21.2 Å². The van der Waals surface area contributed by atoms with Gasteiger partial charge in [0.05, 0.1) is 5.56 Å². The molecule has 0 bridgehead atoms. The zero-order valence-corrected chi connectivity index (χ0v) is 10.9. The van der Waals surface area contributed by atoms with Crippen molar-refractivity contribution in [1.29, 1.82) is 0 Å². The van der Waals surface area contributed by atoms with Crippen LogP contribution < -0.4 is 5.32 Å². The van der Waals surface area contributed by atoms with Crippen molar-refractivity contribution in [2.24, 2.45) is 5.92 Å². The topological polar surface area (TPSA) is 42.2 Å². The Balaban J connectivity index is 1.97. The molecule has 16 heavy (non-hydrogen) atoms. The summed E-state index contributed by atoms with van der Waals surface area (Å²) in [6, 6.07) is 2.08. The van der Waals surface area contributed by atoms with Crippen LogP contribution in [0, 0.1) is 12.8 Å². The molecule has 4 heteroatoms. The van der Waals surface area contributed by atoms with Crippen LogP contribution in [0.25, 0.3) is 0 Å². The maximum atomic E-state index is 11.9. The molecule has 0 radical (unpaired) electrons. The van der Waals surface area contributed by atoms with E-state index in [1.807, 2.05) is 6.92 Å². The van der Waals surface area contributed by atoms with Crippen LogP contribution in [-0.2, 0) is 0 Å². The smallest absolute Gasteiger partial charge is 0.254 e. The number of carbonyl (C=O) groups excluding carboxylic acids is 1. The van der Waals surface area contributed by atoms with Gasteiger partial charge in [0, 0.05) is 11.4 Å². The Morgan fingerprint density at radius 2 is 2.44 bits per heavy atom. The predicted octanol–water partition coefficient (Wildman–Crippen LogP) is 2.88. The van der Waals surface area contributed by atoms with Crippen LogP contribution >= 0.6 is 15.9 Å². The SMILES string of the molecule is Cc1cc(C(=O)NC2CCCC2CBr)co1. The highest BCUT2D eigenvalue weighted by Crippen LogP contribution is 2.27. The zero-order chi connectivity index (χ0) is 11.5. The van der Waals surface area contributed by atoms with Crippen molar-refractivity contribution in [1.82, 2.24) is 5.32 Å². The molecule has 0 spiro atoms. The molecule has 1 N–H and O–H groups in total. The molecular weight excluding hydrogens is 270 g/mol. The number of carbonyl (C=O) groups is 1. The predicted molar refractivity (Wildman–Crippen MR) is 65.8 cm³/mol. The summed E-state index contributed by atoms with van der Waals surface area (Å²) in [5.41, 5.74) is 0.623. The summed E-state index contributed by atoms with van der Waals surface area (Å²) < 4.78 is 5.13. The second kappa shape index (κ2) is 5.04. The van der Waals surface area contributed by atoms with E-state index in [-0.39, 0.29) is 5.91 Å². The number of nitrogens with one attached hydrogen (secondary N) is 1. The number of hydrogen-bond donors (Lipinski definition) is 1. The third kappa shape index (κ3) is 2.48. The Morgan fingerprint density at radius 3 is 3.06 bits per heavy atom. The number of furan rings is 1. The zero-order valence-electron chi connectivity index (χ0n) is 9.33. The quantitative estimate of drug-likeness (QED) is 0.868. The van der Waals surface area contributed by atoms with Gasteiger partial charge in [-0.2, -0.15) is 0 Å². The second-order valence-corrected chi connectivity index (χ2v) is 5.02. The van der Waals surface area contributed by atoms with Crippen molar-refractivity contribution in [3.05, 3.63) is 23.7 Å². The summed E-state index contributed by atoms with van der Waals surface area (Å²) in [6.07, 6.45) is 4.99. The number of aryl methyl sites for hydroxylation is 1. The van der Waals surface area contributed by atoms with Gasteiger partial charge < -0.3 is 9.73 Å². The number of alkyl halides is 1. The first kappa shape index (κ1) is 11.7. The van der Waals surface area contributed by atoms with Gasteiger partial charge in [0.2, 0.25) is 0 Å². The summed E-state index contributed by atoms with van der Waals surface area (Å²) in [5, 5.41) is 4.04. The van der Waals surface area contributed by atoms with Crippen molar-refractivity contribution in [3.8, 4) is 0 Å². The van der Waals surface area contributed by atoms with Crippen molar-refractivity contribution in [3.63, 3.8) is 0 Å². The van der Waals surface area contributed by atoms with Gasteiger partial charge >= 0.3 is 0 Å². The van der Waals surface area contributed by atoms with E-state index in [0.29, 0.717) is 17.5 Å². The molecule has 1 aromatic heterocycles. The van der Waals surface area contributed by atoms with Crippen LogP contribution in [0.3, 0.4) is 0 Å². The Morgan fingerprint density at radius 1 is 1.62 bits per heavy atom. The molecule has 1 heterocycles. The lowest BCUT2D eigenvalue weighted by atomic mass is 10.1. The van der Waals surface area contributed by atoms with Gasteiger partial charge in [0.15, 0.2) is 0 Å². The third-order valence-electron chi connectivity index (χ3n) is 3.17. The Hall–Kier alpha value is -0.770. The van der Waals surface area contributed by atoms with Crippen LogP contribution in [0.15, 0.2) is 16.7 Å². The molecular formula is C12H16BrNO2. The van der Waals surface area contributed by atoms with Crippen molar-refractivity contribution in [2.45, 2.75) is 32.2 Å². The number of amides is 1. The molecule has 0 aromatic carbocycles. The minimum absolute atomic E-state index is 0.0188. The number of rotatable bonds is 3. The van der Waals surface area contributed by atoms with Gasteiger partial charge in [-0.05, 0) is 31.7 Å². The summed E-state index contributed by atoms with van der Waals surface area (Å²) in [7, 11) is 0. The standard InChI is InChI=1S/C12H16BrNO2/c1-8-5-10(7-16-8)12(15)14-11-4-2-3-9(11)6-13/h5,7,9,11H,2-4,6H2,1H3,(H,14,15). The van der Waals surface area contributed by atoms with Gasteiger partial charge in [0.1, 0.15) is 12.0 Å². The molecule has 2 atom stereocenters.